The molecular weight excluding hydrogens is 180 g/mol. The lowest BCUT2D eigenvalue weighted by atomic mass is 10.2. The zero-order valence-electron chi connectivity index (χ0n) is 9.08. The maximum absolute atomic E-state index is 10.8. The summed E-state index contributed by atoms with van der Waals surface area (Å²) in [6, 6.07) is 0. The third kappa shape index (κ3) is 6.29. The Bertz CT molecular complexity index is 217. The van der Waals surface area contributed by atoms with Crippen LogP contribution < -0.4 is 0 Å². The molecule has 0 amide bonds. The van der Waals surface area contributed by atoms with Crippen LogP contribution in [0.25, 0.3) is 0 Å². The van der Waals surface area contributed by atoms with Crippen LogP contribution in [0.2, 0.25) is 0 Å². The molecule has 14 heavy (non-hydrogen) atoms. The molecule has 0 fully saturated rings. The van der Waals surface area contributed by atoms with Crippen molar-refractivity contribution in [1.29, 1.82) is 0 Å². The van der Waals surface area contributed by atoms with Crippen LogP contribution in [0.4, 0.5) is 0 Å². The van der Waals surface area contributed by atoms with Crippen LogP contribution in [0.5, 0.6) is 0 Å². The second kappa shape index (κ2) is 8.35. The molecule has 0 saturated heterocycles. The SMILES string of the molecule is CC=CCCC(=CC)OCC(=O)OC. The van der Waals surface area contributed by atoms with Gasteiger partial charge in [-0.15, -0.1) is 0 Å². The molecule has 0 aromatic heterocycles. The van der Waals surface area contributed by atoms with Gasteiger partial charge in [0, 0.05) is 6.42 Å². The van der Waals surface area contributed by atoms with Crippen LogP contribution in [-0.2, 0) is 14.3 Å². The van der Waals surface area contributed by atoms with Crippen molar-refractivity contribution in [3.05, 3.63) is 24.0 Å². The van der Waals surface area contributed by atoms with Gasteiger partial charge in [0.1, 0.15) is 0 Å². The summed E-state index contributed by atoms with van der Waals surface area (Å²) in [4.78, 5) is 10.8. The van der Waals surface area contributed by atoms with Crippen molar-refractivity contribution in [1.82, 2.24) is 0 Å². The maximum Gasteiger partial charge on any atom is 0.343 e. The first-order chi connectivity index (χ1) is 6.74. The fraction of sp³-hybridized carbons (Fsp3) is 0.545. The molecule has 0 aliphatic heterocycles. The molecule has 0 heterocycles. The van der Waals surface area contributed by atoms with Gasteiger partial charge >= 0.3 is 5.97 Å². The normalized spacial score (nSPS) is 11.8. The van der Waals surface area contributed by atoms with E-state index in [0.29, 0.717) is 0 Å². The topological polar surface area (TPSA) is 35.5 Å². The summed E-state index contributed by atoms with van der Waals surface area (Å²) in [7, 11) is 1.35. The van der Waals surface area contributed by atoms with Crippen LogP contribution in [0.15, 0.2) is 24.0 Å². The number of allylic oxidation sites excluding steroid dienone is 4. The minimum atomic E-state index is -0.351. The first kappa shape index (κ1) is 12.8. The lowest BCUT2D eigenvalue weighted by Gasteiger charge is -2.07. The molecule has 80 valence electrons. The van der Waals surface area contributed by atoms with E-state index < -0.39 is 0 Å². The van der Waals surface area contributed by atoms with Gasteiger partial charge in [0.15, 0.2) is 6.61 Å². The third-order valence-corrected chi connectivity index (χ3v) is 1.72. The number of hydrogen-bond acceptors (Lipinski definition) is 3. The predicted molar refractivity (Wildman–Crippen MR) is 55.8 cm³/mol. The van der Waals surface area contributed by atoms with Gasteiger partial charge in [-0.25, -0.2) is 4.79 Å². The monoisotopic (exact) mass is 198 g/mol. The Balaban J connectivity index is 3.75. The van der Waals surface area contributed by atoms with Gasteiger partial charge in [0.2, 0.25) is 0 Å². The van der Waals surface area contributed by atoms with E-state index in [9.17, 15) is 4.79 Å². The van der Waals surface area contributed by atoms with Gasteiger partial charge in [-0.2, -0.15) is 0 Å². The molecule has 3 nitrogen and oxygen atoms in total. The summed E-state index contributed by atoms with van der Waals surface area (Å²) in [6.45, 7) is 3.86. The van der Waals surface area contributed by atoms with Crippen LogP contribution in [0, 0.1) is 0 Å². The van der Waals surface area contributed by atoms with Crippen LogP contribution in [0.3, 0.4) is 0 Å². The van der Waals surface area contributed by atoms with Gasteiger partial charge in [-0.1, -0.05) is 12.2 Å². The molecule has 0 unspecified atom stereocenters. The Kier molecular flexibility index (Phi) is 7.61. The number of carbonyl (C=O) groups excluding carboxylic acids is 1. The molecule has 0 saturated carbocycles. The highest BCUT2D eigenvalue weighted by Gasteiger charge is 2.02. The summed E-state index contributed by atoms with van der Waals surface area (Å²) in [5.41, 5.74) is 0. The lowest BCUT2D eigenvalue weighted by Crippen LogP contribution is -2.09. The second-order valence-electron chi connectivity index (χ2n) is 2.73. The Labute approximate surface area is 85.4 Å². The molecule has 0 aliphatic carbocycles. The summed E-state index contributed by atoms with van der Waals surface area (Å²) < 4.78 is 9.71. The number of ether oxygens (including phenoxy) is 2. The van der Waals surface area contributed by atoms with E-state index in [-0.39, 0.29) is 12.6 Å². The Morgan fingerprint density at radius 1 is 1.36 bits per heavy atom. The molecule has 0 rings (SSSR count). The van der Waals surface area contributed by atoms with Gasteiger partial charge in [0.25, 0.3) is 0 Å². The zero-order valence-corrected chi connectivity index (χ0v) is 9.08. The van der Waals surface area contributed by atoms with Gasteiger partial charge in [0.05, 0.1) is 12.9 Å². The van der Waals surface area contributed by atoms with Crippen molar-refractivity contribution in [3.63, 3.8) is 0 Å². The molecule has 0 aromatic carbocycles. The number of hydrogen-bond donors (Lipinski definition) is 0. The van der Waals surface area contributed by atoms with Crippen molar-refractivity contribution >= 4 is 5.97 Å². The Hall–Kier alpha value is -1.25. The highest BCUT2D eigenvalue weighted by Crippen LogP contribution is 2.07. The Morgan fingerprint density at radius 3 is 2.57 bits per heavy atom. The first-order valence-electron chi connectivity index (χ1n) is 4.70. The molecular formula is C11H18O3. The van der Waals surface area contributed by atoms with E-state index in [1.807, 2.05) is 26.0 Å². The fourth-order valence-corrected chi connectivity index (χ4v) is 0.903. The highest BCUT2D eigenvalue weighted by molar-refractivity contribution is 5.70. The second-order valence-corrected chi connectivity index (χ2v) is 2.73. The van der Waals surface area contributed by atoms with E-state index in [4.69, 9.17) is 4.74 Å². The van der Waals surface area contributed by atoms with Crippen molar-refractivity contribution in [2.45, 2.75) is 26.7 Å². The minimum absolute atomic E-state index is 0.00792. The summed E-state index contributed by atoms with van der Waals surface area (Å²) >= 11 is 0. The number of esters is 1. The summed E-state index contributed by atoms with van der Waals surface area (Å²) in [5.74, 6) is 0.476. The largest absolute Gasteiger partial charge is 0.487 e. The molecule has 0 aromatic rings. The average molecular weight is 198 g/mol. The maximum atomic E-state index is 10.8. The highest BCUT2D eigenvalue weighted by atomic mass is 16.6. The van der Waals surface area contributed by atoms with Gasteiger partial charge in [-0.3, -0.25) is 0 Å². The molecule has 0 aliphatic rings. The van der Waals surface area contributed by atoms with E-state index >= 15 is 0 Å². The smallest absolute Gasteiger partial charge is 0.343 e. The van der Waals surface area contributed by atoms with Crippen LogP contribution >= 0.6 is 0 Å². The van der Waals surface area contributed by atoms with E-state index in [1.54, 1.807) is 0 Å². The lowest BCUT2D eigenvalue weighted by molar-refractivity contribution is -0.144. The standard InChI is InChI=1S/C11H18O3/c1-4-6-7-8-10(5-2)14-9-11(12)13-3/h4-6H,7-9H2,1-3H3. The molecule has 0 spiro atoms. The molecule has 0 radical (unpaired) electrons. The Morgan fingerprint density at radius 2 is 2.07 bits per heavy atom. The molecule has 0 atom stereocenters. The predicted octanol–water partition coefficient (Wildman–Crippen LogP) is 2.44. The minimum Gasteiger partial charge on any atom is -0.487 e. The van der Waals surface area contributed by atoms with E-state index in [2.05, 4.69) is 10.8 Å². The van der Waals surface area contributed by atoms with E-state index in [1.165, 1.54) is 7.11 Å². The van der Waals surface area contributed by atoms with Crippen molar-refractivity contribution < 1.29 is 14.3 Å². The van der Waals surface area contributed by atoms with E-state index in [0.717, 1.165) is 18.6 Å². The third-order valence-electron chi connectivity index (χ3n) is 1.72. The number of methoxy groups -OCH3 is 1. The van der Waals surface area contributed by atoms with Gasteiger partial charge in [-0.05, 0) is 26.3 Å². The molecule has 0 bridgehead atoms. The fourth-order valence-electron chi connectivity index (χ4n) is 0.903. The number of rotatable bonds is 6. The van der Waals surface area contributed by atoms with Crippen molar-refractivity contribution in [3.8, 4) is 0 Å². The summed E-state index contributed by atoms with van der Waals surface area (Å²) in [5, 5.41) is 0. The van der Waals surface area contributed by atoms with Crippen LogP contribution in [-0.4, -0.2) is 19.7 Å². The first-order valence-corrected chi connectivity index (χ1v) is 4.70. The summed E-state index contributed by atoms with van der Waals surface area (Å²) in [6.07, 6.45) is 7.67. The zero-order chi connectivity index (χ0) is 10.8. The van der Waals surface area contributed by atoms with Crippen LogP contribution in [0.1, 0.15) is 26.7 Å². The molecule has 3 heteroatoms. The average Bonchev–Trinajstić information content (AvgIpc) is 2.22. The number of carbonyl (C=O) groups is 1. The quantitative estimate of drug-likeness (QED) is 0.373. The van der Waals surface area contributed by atoms with Gasteiger partial charge < -0.3 is 9.47 Å². The molecule has 0 N–H and O–H groups in total. The van der Waals surface area contributed by atoms with Crippen molar-refractivity contribution in [2.75, 3.05) is 13.7 Å². The van der Waals surface area contributed by atoms with Crippen molar-refractivity contribution in [2.24, 2.45) is 0 Å².